The van der Waals surface area contributed by atoms with E-state index in [1.807, 2.05) is 22.9 Å². The minimum absolute atomic E-state index is 0.0265. The van der Waals surface area contributed by atoms with Crippen LogP contribution in [0.2, 0.25) is 0 Å². The number of aromatic nitrogens is 8. The van der Waals surface area contributed by atoms with Crippen LogP contribution in [0.1, 0.15) is 23.1 Å². The van der Waals surface area contributed by atoms with Crippen molar-refractivity contribution in [1.29, 1.82) is 0 Å². The second-order valence-corrected chi connectivity index (χ2v) is 6.19. The molecular weight excluding hydrogens is 453 g/mol. The lowest BCUT2D eigenvalue weighted by atomic mass is 10.3. The summed E-state index contributed by atoms with van der Waals surface area (Å²) in [7, 11) is 0. The second kappa shape index (κ2) is 7.12. The van der Waals surface area contributed by atoms with E-state index in [1.54, 1.807) is 16.0 Å². The highest BCUT2D eigenvalue weighted by molar-refractivity contribution is 14.1. The number of ether oxygens (including phenoxy) is 1. The number of anilines is 1. The Morgan fingerprint density at radius 1 is 1.46 bits per heavy atom. The molecule has 2 N–H and O–H groups in total. The molecule has 0 atom stereocenters. The molecule has 12 nitrogen and oxygen atoms in total. The van der Waals surface area contributed by atoms with Gasteiger partial charge in [-0.05, 0) is 17.2 Å². The summed E-state index contributed by atoms with van der Waals surface area (Å²) < 4.78 is 12.6. The maximum Gasteiger partial charge on any atom is 0.360 e. The summed E-state index contributed by atoms with van der Waals surface area (Å²) in [6.45, 7) is 1.92. The van der Waals surface area contributed by atoms with Crippen molar-refractivity contribution in [1.82, 2.24) is 38.3 Å². The third-order valence-electron chi connectivity index (χ3n) is 2.75. The van der Waals surface area contributed by atoms with E-state index in [0.717, 1.165) is 0 Å². The van der Waals surface area contributed by atoms with Gasteiger partial charge in [0.05, 0.1) is 35.2 Å². The Kier molecular flexibility index (Phi) is 4.93. The number of hydrogen-bond acceptors (Lipinski definition) is 11. The van der Waals surface area contributed by atoms with Crippen LogP contribution in [0.4, 0.5) is 5.82 Å². The Morgan fingerprint density at radius 2 is 2.29 bits per heavy atom. The zero-order valence-corrected chi connectivity index (χ0v) is 15.1. The zero-order chi connectivity index (χ0) is 17.1. The minimum atomic E-state index is -0.592. The number of hydrogen-bond donors (Lipinski definition) is 1. The SMILES string of the molecule is CCOC(=O)c1nnn(-c2nonc2N)c1CSc1nncn1I. The van der Waals surface area contributed by atoms with E-state index in [4.69, 9.17) is 10.5 Å². The van der Waals surface area contributed by atoms with E-state index >= 15 is 0 Å². The summed E-state index contributed by atoms with van der Waals surface area (Å²) in [5, 5.41) is 23.4. The quantitative estimate of drug-likeness (QED) is 0.309. The van der Waals surface area contributed by atoms with Gasteiger partial charge in [0, 0.05) is 5.75 Å². The van der Waals surface area contributed by atoms with Crippen molar-refractivity contribution < 1.29 is 14.2 Å². The maximum absolute atomic E-state index is 12.1. The number of esters is 1. The molecule has 0 radical (unpaired) electrons. The highest BCUT2D eigenvalue weighted by atomic mass is 127. The first-order chi connectivity index (χ1) is 11.6. The van der Waals surface area contributed by atoms with Crippen LogP contribution in [0, 0.1) is 0 Å². The third-order valence-corrected chi connectivity index (χ3v) is 4.73. The summed E-state index contributed by atoms with van der Waals surface area (Å²) in [6, 6.07) is 0. The van der Waals surface area contributed by atoms with Crippen molar-refractivity contribution in [2.75, 3.05) is 12.3 Å². The number of nitrogens with zero attached hydrogens (tertiary/aromatic N) is 8. The first kappa shape index (κ1) is 16.6. The molecule has 126 valence electrons. The largest absolute Gasteiger partial charge is 0.461 e. The van der Waals surface area contributed by atoms with Gasteiger partial charge in [-0.15, -0.1) is 15.3 Å². The van der Waals surface area contributed by atoms with E-state index in [-0.39, 0.29) is 23.9 Å². The highest BCUT2D eigenvalue weighted by Crippen LogP contribution is 2.25. The molecule has 0 aliphatic rings. The van der Waals surface area contributed by atoms with Gasteiger partial charge in [0.15, 0.2) is 10.9 Å². The molecule has 0 amide bonds. The van der Waals surface area contributed by atoms with Crippen LogP contribution < -0.4 is 5.73 Å². The Hall–Kier alpha value is -2.23. The maximum atomic E-state index is 12.1. The predicted octanol–water partition coefficient (Wildman–Crippen LogP) is 0.491. The molecule has 0 saturated heterocycles. The van der Waals surface area contributed by atoms with Gasteiger partial charge >= 0.3 is 5.97 Å². The van der Waals surface area contributed by atoms with E-state index < -0.39 is 5.97 Å². The lowest BCUT2D eigenvalue weighted by Crippen LogP contribution is -2.10. The van der Waals surface area contributed by atoms with Crippen LogP contribution in [-0.2, 0) is 10.5 Å². The number of carbonyl (C=O) groups is 1. The van der Waals surface area contributed by atoms with Crippen molar-refractivity contribution in [3.8, 4) is 5.82 Å². The summed E-state index contributed by atoms with van der Waals surface area (Å²) in [4.78, 5) is 12.1. The third kappa shape index (κ3) is 3.18. The van der Waals surface area contributed by atoms with Gasteiger partial charge in [-0.25, -0.2) is 12.2 Å². The molecule has 14 heteroatoms. The normalized spacial score (nSPS) is 10.9. The fourth-order valence-electron chi connectivity index (χ4n) is 1.73. The van der Waals surface area contributed by atoms with Crippen molar-refractivity contribution in [2.24, 2.45) is 0 Å². The molecule has 0 aliphatic carbocycles. The van der Waals surface area contributed by atoms with Gasteiger partial charge in [-0.3, -0.25) is 0 Å². The van der Waals surface area contributed by atoms with Crippen LogP contribution in [0.3, 0.4) is 0 Å². The monoisotopic (exact) mass is 463 g/mol. The van der Waals surface area contributed by atoms with Gasteiger partial charge in [0.1, 0.15) is 6.33 Å². The van der Waals surface area contributed by atoms with Crippen molar-refractivity contribution >= 4 is 46.4 Å². The smallest absolute Gasteiger partial charge is 0.360 e. The Bertz CT molecular complexity index is 860. The Labute approximate surface area is 152 Å². The van der Waals surface area contributed by atoms with E-state index in [2.05, 4.69) is 35.5 Å². The average Bonchev–Trinajstić information content (AvgIpc) is 3.25. The van der Waals surface area contributed by atoms with Crippen molar-refractivity contribution in [3.63, 3.8) is 0 Å². The van der Waals surface area contributed by atoms with Crippen molar-refractivity contribution in [2.45, 2.75) is 17.8 Å². The van der Waals surface area contributed by atoms with Gasteiger partial charge in [0.25, 0.3) is 0 Å². The predicted molar refractivity (Wildman–Crippen MR) is 88.6 cm³/mol. The number of nitrogen functional groups attached to an aromatic ring is 1. The van der Waals surface area contributed by atoms with Gasteiger partial charge in [-0.1, -0.05) is 17.0 Å². The number of halogens is 1. The number of carbonyl (C=O) groups excluding carboxylic acids is 1. The van der Waals surface area contributed by atoms with Gasteiger partial charge in [-0.2, -0.15) is 4.68 Å². The van der Waals surface area contributed by atoms with Crippen LogP contribution in [0.25, 0.3) is 5.82 Å². The molecule has 0 bridgehead atoms. The first-order valence-corrected chi connectivity index (χ1v) is 8.46. The number of thioether (sulfide) groups is 1. The molecule has 0 saturated carbocycles. The second-order valence-electron chi connectivity index (χ2n) is 4.20. The first-order valence-electron chi connectivity index (χ1n) is 6.50. The highest BCUT2D eigenvalue weighted by Gasteiger charge is 2.25. The van der Waals surface area contributed by atoms with Crippen LogP contribution in [0.15, 0.2) is 16.1 Å². The summed E-state index contributed by atoms with van der Waals surface area (Å²) >= 11 is 3.37. The van der Waals surface area contributed by atoms with Crippen molar-refractivity contribution in [3.05, 3.63) is 17.7 Å². The molecule has 0 aromatic carbocycles. The molecule has 24 heavy (non-hydrogen) atoms. The fraction of sp³-hybridized carbons (Fsp3) is 0.300. The summed E-state index contributed by atoms with van der Waals surface area (Å²) in [6.07, 6.45) is 1.56. The molecule has 0 unspecified atom stereocenters. The topological polar surface area (TPSA) is 153 Å². The van der Waals surface area contributed by atoms with E-state index in [9.17, 15) is 4.79 Å². The fourth-order valence-corrected chi connectivity index (χ4v) is 3.16. The molecular formula is C10H10IN9O3S. The summed E-state index contributed by atoms with van der Waals surface area (Å²) in [5.74, 6) is -0.122. The van der Waals surface area contributed by atoms with Gasteiger partial charge in [0.2, 0.25) is 11.6 Å². The van der Waals surface area contributed by atoms with Crippen LogP contribution in [0.5, 0.6) is 0 Å². The number of nitrogens with two attached hydrogens (primary N) is 1. The number of rotatable bonds is 6. The Balaban J connectivity index is 1.96. The molecule has 0 spiro atoms. The minimum Gasteiger partial charge on any atom is -0.461 e. The van der Waals surface area contributed by atoms with Gasteiger partial charge < -0.3 is 10.5 Å². The van der Waals surface area contributed by atoms with E-state index in [0.29, 0.717) is 16.6 Å². The summed E-state index contributed by atoms with van der Waals surface area (Å²) in [5.41, 5.74) is 6.19. The van der Waals surface area contributed by atoms with Crippen LogP contribution in [-0.4, -0.2) is 50.9 Å². The van der Waals surface area contributed by atoms with E-state index in [1.165, 1.54) is 16.4 Å². The Morgan fingerprint density at radius 3 is 2.92 bits per heavy atom. The zero-order valence-electron chi connectivity index (χ0n) is 12.2. The van der Waals surface area contributed by atoms with Crippen LogP contribution >= 0.6 is 34.6 Å². The molecule has 3 aromatic heterocycles. The lowest BCUT2D eigenvalue weighted by molar-refractivity contribution is 0.0518. The molecule has 3 heterocycles. The molecule has 3 aromatic rings. The standard InChI is InChI=1S/C10H10IN9O3S/c1-2-22-9(21)6-5(3-24-10-15-13-4-19(10)11)20(18-14-6)8-7(12)16-23-17-8/h4H,2-3H2,1H3,(H2,12,16). The molecule has 0 fully saturated rings. The lowest BCUT2D eigenvalue weighted by Gasteiger charge is -2.05. The molecule has 3 rings (SSSR count). The molecule has 0 aliphatic heterocycles. The average molecular weight is 463 g/mol.